The molecule has 1 saturated heterocycles. The maximum atomic E-state index is 11.7. The van der Waals surface area contributed by atoms with Crippen molar-refractivity contribution in [2.45, 2.75) is 32.6 Å². The number of nitrogens with zero attached hydrogens (tertiary/aromatic N) is 1. The molecule has 0 radical (unpaired) electrons. The molecular weight excluding hydrogens is 310 g/mol. The molecule has 0 atom stereocenters. The molecule has 1 aliphatic heterocycles. The molecular formula is C18H26NO3S+. The first kappa shape index (κ1) is 17.9. The van der Waals surface area contributed by atoms with Crippen molar-refractivity contribution in [1.82, 2.24) is 0 Å². The molecule has 23 heavy (non-hydrogen) atoms. The maximum absolute atomic E-state index is 11.7. The second-order valence-electron chi connectivity index (χ2n) is 5.56. The highest BCUT2D eigenvalue weighted by Gasteiger charge is 2.21. The Hall–Kier alpha value is -1.49. The molecule has 1 heterocycles. The summed E-state index contributed by atoms with van der Waals surface area (Å²) < 4.78 is 12.8. The van der Waals surface area contributed by atoms with Crippen LogP contribution in [0.1, 0.15) is 31.7 Å². The summed E-state index contributed by atoms with van der Waals surface area (Å²) in [7, 11) is 1.68. The lowest BCUT2D eigenvalue weighted by Gasteiger charge is -2.14. The summed E-state index contributed by atoms with van der Waals surface area (Å²) in [6.07, 6.45) is 4.58. The fourth-order valence-electron chi connectivity index (χ4n) is 2.70. The molecule has 1 fully saturated rings. The second-order valence-corrected chi connectivity index (χ2v) is 6.61. The highest BCUT2D eigenvalue weighted by Crippen LogP contribution is 2.18. The Morgan fingerprint density at radius 1 is 1.26 bits per heavy atom. The number of benzene rings is 1. The second kappa shape index (κ2) is 9.60. The van der Waals surface area contributed by atoms with E-state index in [4.69, 9.17) is 9.47 Å². The Kier molecular flexibility index (Phi) is 7.46. The van der Waals surface area contributed by atoms with Crippen LogP contribution in [0.25, 0.3) is 0 Å². The minimum absolute atomic E-state index is 0.141. The Balaban J connectivity index is 2.10. The van der Waals surface area contributed by atoms with Crippen molar-refractivity contribution in [2.75, 3.05) is 32.6 Å². The van der Waals surface area contributed by atoms with E-state index in [2.05, 4.69) is 16.7 Å². The van der Waals surface area contributed by atoms with Crippen LogP contribution in [-0.2, 0) is 16.0 Å². The van der Waals surface area contributed by atoms with Crippen LogP contribution in [-0.4, -0.2) is 48.1 Å². The molecule has 4 nitrogen and oxygen atoms in total. The summed E-state index contributed by atoms with van der Waals surface area (Å²) in [6.45, 7) is 4.44. The van der Waals surface area contributed by atoms with Gasteiger partial charge >= 0.3 is 5.97 Å². The van der Waals surface area contributed by atoms with Crippen LogP contribution in [0.4, 0.5) is 0 Å². The van der Waals surface area contributed by atoms with E-state index in [1.54, 1.807) is 18.9 Å². The molecule has 1 aliphatic rings. The minimum Gasteiger partial charge on any atom is -0.497 e. The number of carbonyl (C=O) groups excluding carboxylic acids is 1. The highest BCUT2D eigenvalue weighted by atomic mass is 32.2. The topological polar surface area (TPSA) is 38.5 Å². The van der Waals surface area contributed by atoms with E-state index in [0.717, 1.165) is 25.3 Å². The number of esters is 1. The van der Waals surface area contributed by atoms with Crippen molar-refractivity contribution >= 4 is 22.8 Å². The first-order chi connectivity index (χ1) is 11.2. The fourth-order valence-corrected chi connectivity index (χ4v) is 3.70. The van der Waals surface area contributed by atoms with Crippen molar-refractivity contribution in [3.63, 3.8) is 0 Å². The zero-order valence-corrected chi connectivity index (χ0v) is 14.9. The minimum atomic E-state index is -0.141. The molecule has 0 amide bonds. The van der Waals surface area contributed by atoms with E-state index < -0.39 is 0 Å². The molecule has 2 rings (SSSR count). The van der Waals surface area contributed by atoms with Crippen LogP contribution >= 0.6 is 11.8 Å². The van der Waals surface area contributed by atoms with E-state index in [-0.39, 0.29) is 5.97 Å². The van der Waals surface area contributed by atoms with Crippen LogP contribution in [0.15, 0.2) is 24.3 Å². The number of hydrogen-bond donors (Lipinski definition) is 0. The van der Waals surface area contributed by atoms with E-state index in [1.165, 1.54) is 29.9 Å². The Morgan fingerprint density at radius 2 is 2.04 bits per heavy atom. The van der Waals surface area contributed by atoms with Crippen LogP contribution in [0, 0.1) is 0 Å². The molecule has 0 bridgehead atoms. The van der Waals surface area contributed by atoms with Gasteiger partial charge in [0.05, 0.1) is 20.1 Å². The number of piperidine rings is 1. The third-order valence-corrected chi connectivity index (χ3v) is 4.98. The third kappa shape index (κ3) is 5.90. The van der Waals surface area contributed by atoms with E-state index in [0.29, 0.717) is 12.4 Å². The van der Waals surface area contributed by atoms with Gasteiger partial charge in [0.15, 0.2) is 0 Å². The summed E-state index contributed by atoms with van der Waals surface area (Å²) in [5.41, 5.74) is 1.21. The van der Waals surface area contributed by atoms with Gasteiger partial charge in [-0.25, -0.2) is 4.58 Å². The fraction of sp³-hybridized carbons (Fsp3) is 0.556. The lowest BCUT2D eigenvalue weighted by molar-refractivity contribution is -0.535. The monoisotopic (exact) mass is 336 g/mol. The molecule has 1 aromatic rings. The highest BCUT2D eigenvalue weighted by molar-refractivity contribution is 8.14. The molecule has 0 saturated carbocycles. The van der Waals surface area contributed by atoms with Gasteiger partial charge in [0.2, 0.25) is 5.04 Å². The van der Waals surface area contributed by atoms with Gasteiger partial charge in [-0.3, -0.25) is 4.79 Å². The van der Waals surface area contributed by atoms with Crippen LogP contribution < -0.4 is 4.74 Å². The Bertz CT molecular complexity index is 549. The number of hydrogen-bond acceptors (Lipinski definition) is 4. The summed E-state index contributed by atoms with van der Waals surface area (Å²) >= 11 is 1.61. The van der Waals surface area contributed by atoms with Gasteiger partial charge in [-0.2, -0.15) is 0 Å². The van der Waals surface area contributed by atoms with Gasteiger partial charge in [0.25, 0.3) is 0 Å². The molecule has 0 N–H and O–H groups in total. The molecule has 126 valence electrons. The van der Waals surface area contributed by atoms with E-state index >= 15 is 0 Å². The smallest absolute Gasteiger partial charge is 0.316 e. The van der Waals surface area contributed by atoms with Gasteiger partial charge in [0.1, 0.15) is 24.6 Å². The average molecular weight is 336 g/mol. The van der Waals surface area contributed by atoms with Gasteiger partial charge in [-0.1, -0.05) is 23.9 Å². The quantitative estimate of drug-likeness (QED) is 0.454. The summed E-state index contributed by atoms with van der Waals surface area (Å²) in [5.74, 6) is 1.11. The van der Waals surface area contributed by atoms with E-state index in [1.807, 2.05) is 19.1 Å². The number of carbonyl (C=O) groups is 1. The molecule has 0 unspecified atom stereocenters. The van der Waals surface area contributed by atoms with Gasteiger partial charge in [-0.05, 0) is 31.0 Å². The van der Waals surface area contributed by atoms with Crippen molar-refractivity contribution in [1.29, 1.82) is 0 Å². The largest absolute Gasteiger partial charge is 0.497 e. The predicted octanol–water partition coefficient (Wildman–Crippen LogP) is 3.13. The molecule has 0 spiro atoms. The van der Waals surface area contributed by atoms with Gasteiger partial charge < -0.3 is 9.47 Å². The average Bonchev–Trinajstić information content (AvgIpc) is 2.60. The van der Waals surface area contributed by atoms with Crippen molar-refractivity contribution < 1.29 is 18.8 Å². The molecule has 1 aromatic carbocycles. The SMILES string of the molecule is CCOC(=O)CSC(Cc1cccc(OC)c1)=[N+]1CCCCC1. The molecule has 5 heteroatoms. The summed E-state index contributed by atoms with van der Waals surface area (Å²) in [6, 6.07) is 8.14. The van der Waals surface area contributed by atoms with Crippen LogP contribution in [0.2, 0.25) is 0 Å². The zero-order valence-electron chi connectivity index (χ0n) is 14.0. The normalized spacial score (nSPS) is 14.4. The molecule has 0 aliphatic carbocycles. The standard InChI is InChI=1S/C18H26NO3S/c1-3-22-18(20)14-23-17(19-10-5-4-6-11-19)13-15-8-7-9-16(12-15)21-2/h7-9,12H,3-6,10-11,13-14H2,1-2H3/q+1. The number of ether oxygens (including phenoxy) is 2. The van der Waals surface area contributed by atoms with Gasteiger partial charge in [0, 0.05) is 12.8 Å². The Labute approximate surface area is 142 Å². The zero-order chi connectivity index (χ0) is 16.5. The molecule has 0 aromatic heterocycles. The first-order valence-electron chi connectivity index (χ1n) is 8.25. The lowest BCUT2D eigenvalue weighted by atomic mass is 10.1. The van der Waals surface area contributed by atoms with Crippen LogP contribution in [0.3, 0.4) is 0 Å². The maximum Gasteiger partial charge on any atom is 0.316 e. The number of thioether (sulfide) groups is 1. The number of methoxy groups -OCH3 is 1. The van der Waals surface area contributed by atoms with E-state index in [9.17, 15) is 4.79 Å². The summed E-state index contributed by atoms with van der Waals surface area (Å²) in [4.78, 5) is 11.7. The van der Waals surface area contributed by atoms with Crippen molar-refractivity contribution in [2.24, 2.45) is 0 Å². The summed E-state index contributed by atoms with van der Waals surface area (Å²) in [5, 5.41) is 1.26. The predicted molar refractivity (Wildman–Crippen MR) is 94.6 cm³/mol. The number of rotatable bonds is 6. The lowest BCUT2D eigenvalue weighted by Crippen LogP contribution is -2.27. The van der Waals surface area contributed by atoms with Crippen molar-refractivity contribution in [3.05, 3.63) is 29.8 Å². The van der Waals surface area contributed by atoms with Crippen molar-refractivity contribution in [3.8, 4) is 5.75 Å². The third-order valence-electron chi connectivity index (χ3n) is 3.86. The first-order valence-corrected chi connectivity index (χ1v) is 9.23. The Morgan fingerprint density at radius 3 is 2.74 bits per heavy atom. The van der Waals surface area contributed by atoms with Gasteiger partial charge in [-0.15, -0.1) is 0 Å². The van der Waals surface area contributed by atoms with Crippen LogP contribution in [0.5, 0.6) is 5.75 Å².